The van der Waals surface area contributed by atoms with E-state index in [4.69, 9.17) is 9.47 Å². The summed E-state index contributed by atoms with van der Waals surface area (Å²) < 4.78 is 12.1. The SMILES string of the molecule is CC[C@H](C)[C@@H]([C@@H](CC(=O)N1CCC[C@H]1[C@H](OC)[C@@H](C)C(=O)N(C)CCc1cccc(NC(=O)[C@H](C)NC(=O)[C@H](C)NC(=O)CN2C(=O)C=CC2=O)c1)OC)N(C)C(=O)[C@@H](NC(=O)[C@H]1CCCCN1C)C(C)C. The van der Waals surface area contributed by atoms with Gasteiger partial charge >= 0.3 is 0 Å². The molecule has 72 heavy (non-hydrogen) atoms. The van der Waals surface area contributed by atoms with Crippen LogP contribution in [0.3, 0.4) is 0 Å². The van der Waals surface area contributed by atoms with E-state index < -0.39 is 78.4 Å². The largest absolute Gasteiger partial charge is 0.379 e. The fourth-order valence-corrected chi connectivity index (χ4v) is 9.98. The summed E-state index contributed by atoms with van der Waals surface area (Å²) in [6.07, 6.45) is 6.12. The number of ether oxygens (including phenoxy) is 2. The molecule has 4 rings (SSSR count). The lowest BCUT2D eigenvalue weighted by molar-refractivity contribution is -0.149. The quantitative estimate of drug-likeness (QED) is 0.103. The molecule has 3 aliphatic heterocycles. The molecule has 9 amide bonds. The highest BCUT2D eigenvalue weighted by Crippen LogP contribution is 2.30. The highest BCUT2D eigenvalue weighted by atomic mass is 16.5. The third-order valence-electron chi connectivity index (χ3n) is 14.6. The zero-order chi connectivity index (χ0) is 53.6. The molecule has 2 saturated heterocycles. The van der Waals surface area contributed by atoms with Crippen LogP contribution < -0.4 is 21.3 Å². The average Bonchev–Trinajstić information content (AvgIpc) is 3.96. The summed E-state index contributed by atoms with van der Waals surface area (Å²) in [5.74, 6) is -4.67. The lowest BCUT2D eigenvalue weighted by Crippen LogP contribution is -2.59. The van der Waals surface area contributed by atoms with Crippen molar-refractivity contribution in [2.45, 2.75) is 148 Å². The van der Waals surface area contributed by atoms with Crippen molar-refractivity contribution >= 4 is 58.9 Å². The van der Waals surface area contributed by atoms with Crippen LogP contribution in [-0.4, -0.2) is 188 Å². The maximum Gasteiger partial charge on any atom is 0.254 e. The second kappa shape index (κ2) is 27.4. The number of benzene rings is 1. The molecule has 400 valence electrons. The number of likely N-dealkylation sites (N-methyl/N-ethyl adjacent to an activating group) is 3. The number of carbonyl (C=O) groups excluding carboxylic acids is 9. The number of carbonyl (C=O) groups is 9. The topological polar surface area (TPSA) is 236 Å². The lowest BCUT2D eigenvalue weighted by Gasteiger charge is -2.41. The predicted molar refractivity (Wildman–Crippen MR) is 271 cm³/mol. The van der Waals surface area contributed by atoms with Gasteiger partial charge in [0, 0.05) is 59.2 Å². The van der Waals surface area contributed by atoms with Crippen LogP contribution in [0.4, 0.5) is 5.69 Å². The first-order valence-electron chi connectivity index (χ1n) is 25.4. The molecule has 0 spiro atoms. The number of likely N-dealkylation sites (tertiary alicyclic amines) is 2. The first-order chi connectivity index (χ1) is 34.0. The highest BCUT2D eigenvalue weighted by Gasteiger charge is 2.43. The Hall–Kier alpha value is -5.73. The maximum atomic E-state index is 14.4. The van der Waals surface area contributed by atoms with Crippen molar-refractivity contribution in [3.63, 3.8) is 0 Å². The number of hydrogen-bond acceptors (Lipinski definition) is 12. The average molecular weight is 1010 g/mol. The normalized spacial score (nSPS) is 20.5. The van der Waals surface area contributed by atoms with E-state index in [0.29, 0.717) is 31.6 Å². The molecule has 2 fully saturated rings. The van der Waals surface area contributed by atoms with Crippen LogP contribution in [0.2, 0.25) is 0 Å². The second-order valence-corrected chi connectivity index (χ2v) is 20.1. The molecule has 1 aromatic rings. The van der Waals surface area contributed by atoms with Gasteiger partial charge < -0.3 is 45.4 Å². The molecule has 3 heterocycles. The van der Waals surface area contributed by atoms with Gasteiger partial charge in [0.2, 0.25) is 41.4 Å². The molecular weight excluding hydrogens is 927 g/mol. The molecule has 4 N–H and O–H groups in total. The molecule has 20 heteroatoms. The summed E-state index contributed by atoms with van der Waals surface area (Å²) >= 11 is 0. The summed E-state index contributed by atoms with van der Waals surface area (Å²) in [4.78, 5) is 126. The summed E-state index contributed by atoms with van der Waals surface area (Å²) in [5, 5.41) is 10.8. The second-order valence-electron chi connectivity index (χ2n) is 20.1. The Morgan fingerprint density at radius 1 is 0.806 bits per heavy atom. The summed E-state index contributed by atoms with van der Waals surface area (Å²) in [7, 11) is 8.49. The van der Waals surface area contributed by atoms with E-state index >= 15 is 0 Å². The van der Waals surface area contributed by atoms with Crippen molar-refractivity contribution in [1.82, 2.24) is 40.4 Å². The molecular formula is C52H81N9O11. The molecule has 0 unspecified atom stereocenters. The Morgan fingerprint density at radius 2 is 1.47 bits per heavy atom. The molecule has 0 saturated carbocycles. The third kappa shape index (κ3) is 15.4. The van der Waals surface area contributed by atoms with Gasteiger partial charge in [-0.15, -0.1) is 0 Å². The zero-order valence-electron chi connectivity index (χ0n) is 44.5. The Labute approximate surface area is 425 Å². The van der Waals surface area contributed by atoms with Crippen LogP contribution in [0.15, 0.2) is 36.4 Å². The number of amides is 9. The van der Waals surface area contributed by atoms with Crippen molar-refractivity contribution in [2.24, 2.45) is 17.8 Å². The number of hydrogen-bond donors (Lipinski definition) is 4. The molecule has 3 aliphatic rings. The van der Waals surface area contributed by atoms with Crippen LogP contribution in [0.25, 0.3) is 0 Å². The minimum absolute atomic E-state index is 0.00287. The summed E-state index contributed by atoms with van der Waals surface area (Å²) in [6, 6.07) is 3.16. The lowest BCUT2D eigenvalue weighted by atomic mass is 9.89. The predicted octanol–water partition coefficient (Wildman–Crippen LogP) is 2.11. The van der Waals surface area contributed by atoms with Crippen LogP contribution in [-0.2, 0) is 59.0 Å². The maximum absolute atomic E-state index is 14.4. The molecule has 1 aromatic carbocycles. The molecule has 0 radical (unpaired) electrons. The van der Waals surface area contributed by atoms with Gasteiger partial charge in [-0.1, -0.05) is 59.6 Å². The van der Waals surface area contributed by atoms with Crippen LogP contribution in [0.5, 0.6) is 0 Å². The van der Waals surface area contributed by atoms with Crippen molar-refractivity contribution in [3.8, 4) is 0 Å². The van der Waals surface area contributed by atoms with E-state index in [2.05, 4.69) is 21.3 Å². The van der Waals surface area contributed by atoms with E-state index in [1.807, 2.05) is 52.6 Å². The van der Waals surface area contributed by atoms with Crippen molar-refractivity contribution in [3.05, 3.63) is 42.0 Å². The number of nitrogens with one attached hydrogen (secondary N) is 4. The van der Waals surface area contributed by atoms with Crippen LogP contribution in [0, 0.1) is 17.8 Å². The van der Waals surface area contributed by atoms with Gasteiger partial charge in [-0.3, -0.25) is 53.0 Å². The number of nitrogens with zero attached hydrogens (tertiary/aromatic N) is 5. The number of piperidine rings is 1. The highest BCUT2D eigenvalue weighted by molar-refractivity contribution is 6.14. The fourth-order valence-electron chi connectivity index (χ4n) is 9.98. The van der Waals surface area contributed by atoms with E-state index in [-0.39, 0.29) is 54.0 Å². The summed E-state index contributed by atoms with van der Waals surface area (Å²) in [6.45, 7) is 13.7. The molecule has 0 bridgehead atoms. The van der Waals surface area contributed by atoms with Crippen LogP contribution >= 0.6 is 0 Å². The molecule has 10 atom stereocenters. The zero-order valence-corrected chi connectivity index (χ0v) is 44.5. The Balaban J connectivity index is 1.33. The Kier molecular flexibility index (Phi) is 22.4. The van der Waals surface area contributed by atoms with Gasteiger partial charge in [0.25, 0.3) is 11.8 Å². The van der Waals surface area contributed by atoms with E-state index in [1.54, 1.807) is 61.2 Å². The minimum Gasteiger partial charge on any atom is -0.379 e. The van der Waals surface area contributed by atoms with Gasteiger partial charge in [-0.2, -0.15) is 0 Å². The first-order valence-corrected chi connectivity index (χ1v) is 25.4. The van der Waals surface area contributed by atoms with Crippen molar-refractivity contribution < 1.29 is 52.6 Å². The minimum atomic E-state index is -1.06. The van der Waals surface area contributed by atoms with E-state index in [0.717, 1.165) is 61.3 Å². The van der Waals surface area contributed by atoms with Crippen LogP contribution in [0.1, 0.15) is 99.0 Å². The first kappa shape index (κ1) is 58.8. The molecule has 0 aliphatic carbocycles. The standard InChI is InChI=1S/C52H81N9O11/c1-13-32(4)46(59(10)52(70)45(31(2)3)56-50(68)39-20-14-15-25-57(39)8)40(71-11)29-44(65)60-26-17-21-38(60)47(72-12)33(5)51(69)58(9)27-24-36-18-16-19-37(28-36)55-49(67)35(7)54-48(66)34(6)53-41(62)30-61-42(63)22-23-43(61)64/h16,18-19,22-23,28,31-35,38-40,45-47H,13-15,17,20-21,24-27,29-30H2,1-12H3,(H,53,62)(H,54,66)(H,55,67)(H,56,68)/t32-,33+,34-,35-,38-,39+,40+,45-,46-,47+/m0/s1. The van der Waals surface area contributed by atoms with E-state index in [9.17, 15) is 43.2 Å². The number of rotatable bonds is 25. The van der Waals surface area contributed by atoms with Gasteiger partial charge in [0.05, 0.1) is 42.7 Å². The number of methoxy groups -OCH3 is 2. The third-order valence-corrected chi connectivity index (χ3v) is 14.6. The Morgan fingerprint density at radius 3 is 2.08 bits per heavy atom. The van der Waals surface area contributed by atoms with Gasteiger partial charge in [-0.25, -0.2) is 0 Å². The van der Waals surface area contributed by atoms with Gasteiger partial charge in [0.15, 0.2) is 0 Å². The van der Waals surface area contributed by atoms with Gasteiger partial charge in [-0.05, 0) is 89.1 Å². The number of anilines is 1. The van der Waals surface area contributed by atoms with E-state index in [1.165, 1.54) is 13.8 Å². The van der Waals surface area contributed by atoms with Crippen molar-refractivity contribution in [2.75, 3.05) is 66.9 Å². The smallest absolute Gasteiger partial charge is 0.254 e. The van der Waals surface area contributed by atoms with Crippen molar-refractivity contribution in [1.29, 1.82) is 0 Å². The number of imide groups is 1. The molecule has 0 aromatic heterocycles. The fraction of sp³-hybridized carbons (Fsp3) is 0.673. The molecule has 20 nitrogen and oxygen atoms in total. The Bertz CT molecular complexity index is 2120. The van der Waals surface area contributed by atoms with Gasteiger partial charge in [0.1, 0.15) is 24.7 Å². The monoisotopic (exact) mass is 1010 g/mol. The summed E-state index contributed by atoms with van der Waals surface area (Å²) in [5.41, 5.74) is 1.30.